The van der Waals surface area contributed by atoms with Gasteiger partial charge in [-0.05, 0) is 38.8 Å². The first kappa shape index (κ1) is 16.3. The van der Waals surface area contributed by atoms with Crippen molar-refractivity contribution in [2.24, 2.45) is 0 Å². The number of nitrogens with zero attached hydrogens (tertiary/aromatic N) is 3. The average molecular weight is 361 g/mol. The number of benzene rings is 1. The van der Waals surface area contributed by atoms with Crippen LogP contribution in [0.25, 0.3) is 11.1 Å². The van der Waals surface area contributed by atoms with Crippen LogP contribution in [0.4, 0.5) is 0 Å². The number of fused-ring (bicyclic) bond motifs is 1. The van der Waals surface area contributed by atoms with Gasteiger partial charge in [-0.1, -0.05) is 17.3 Å². The molecule has 1 unspecified atom stereocenters. The molecule has 2 aromatic heterocycles. The molecule has 8 heteroatoms. The van der Waals surface area contributed by atoms with Crippen LogP contribution < -0.4 is 0 Å². The Bertz CT molecular complexity index is 969. The Morgan fingerprint density at radius 3 is 2.76 bits per heavy atom. The summed E-state index contributed by atoms with van der Waals surface area (Å²) in [6.45, 7) is 4.09. The van der Waals surface area contributed by atoms with Crippen molar-refractivity contribution in [3.8, 4) is 0 Å². The molecule has 0 N–H and O–H groups in total. The van der Waals surface area contributed by atoms with Gasteiger partial charge in [-0.25, -0.2) is 13.4 Å². The van der Waals surface area contributed by atoms with E-state index in [0.29, 0.717) is 30.4 Å². The van der Waals surface area contributed by atoms with E-state index in [-0.39, 0.29) is 10.8 Å². The first-order valence-electron chi connectivity index (χ1n) is 8.25. The standard InChI is InChI=1S/C17H19N3O4S/c1-11-16(12(2)24-19-11)25(21,22)20-9-5-6-13(10-20)17-18-14-7-3-4-8-15(14)23-17/h3-4,7-8,13H,5-6,9-10H2,1-2H3. The Morgan fingerprint density at radius 2 is 2.04 bits per heavy atom. The van der Waals surface area contributed by atoms with Crippen LogP contribution in [-0.2, 0) is 10.0 Å². The summed E-state index contributed by atoms with van der Waals surface area (Å²) in [5, 5.41) is 3.77. The lowest BCUT2D eigenvalue weighted by molar-refractivity contribution is 0.288. The molecule has 1 atom stereocenters. The second-order valence-corrected chi connectivity index (χ2v) is 8.25. The van der Waals surface area contributed by atoms with Crippen molar-refractivity contribution in [3.05, 3.63) is 41.6 Å². The molecule has 1 aliphatic rings. The van der Waals surface area contributed by atoms with Gasteiger partial charge in [-0.3, -0.25) is 0 Å². The highest BCUT2D eigenvalue weighted by atomic mass is 32.2. The maximum atomic E-state index is 13.0. The van der Waals surface area contributed by atoms with Gasteiger partial charge < -0.3 is 8.94 Å². The maximum absolute atomic E-state index is 13.0. The summed E-state index contributed by atoms with van der Waals surface area (Å²) >= 11 is 0. The zero-order valence-corrected chi connectivity index (χ0v) is 14.9. The zero-order chi connectivity index (χ0) is 17.6. The number of piperidine rings is 1. The van der Waals surface area contributed by atoms with Gasteiger partial charge in [0.15, 0.2) is 17.2 Å². The summed E-state index contributed by atoms with van der Waals surface area (Å²) in [7, 11) is -3.64. The highest BCUT2D eigenvalue weighted by Crippen LogP contribution is 2.33. The van der Waals surface area contributed by atoms with Crippen molar-refractivity contribution in [3.63, 3.8) is 0 Å². The van der Waals surface area contributed by atoms with Gasteiger partial charge in [0.1, 0.15) is 16.1 Å². The number of aryl methyl sites for hydroxylation is 2. The van der Waals surface area contributed by atoms with Gasteiger partial charge in [0, 0.05) is 19.0 Å². The second kappa shape index (κ2) is 5.96. The van der Waals surface area contributed by atoms with Crippen molar-refractivity contribution in [2.75, 3.05) is 13.1 Å². The molecule has 4 rings (SSSR count). The zero-order valence-electron chi connectivity index (χ0n) is 14.1. The van der Waals surface area contributed by atoms with Crippen LogP contribution in [-0.4, -0.2) is 36.0 Å². The van der Waals surface area contributed by atoms with E-state index in [1.54, 1.807) is 13.8 Å². The lowest BCUT2D eigenvalue weighted by Gasteiger charge is -2.30. The fraction of sp³-hybridized carbons (Fsp3) is 0.412. The molecule has 132 valence electrons. The summed E-state index contributed by atoms with van der Waals surface area (Å²) in [5.41, 5.74) is 1.91. The minimum Gasteiger partial charge on any atom is -0.440 e. The molecule has 1 aromatic carbocycles. The number of sulfonamides is 1. The van der Waals surface area contributed by atoms with Crippen LogP contribution >= 0.6 is 0 Å². The molecule has 1 aliphatic heterocycles. The maximum Gasteiger partial charge on any atom is 0.248 e. The van der Waals surface area contributed by atoms with Gasteiger partial charge in [-0.15, -0.1) is 0 Å². The normalized spacial score (nSPS) is 19.5. The van der Waals surface area contributed by atoms with Crippen molar-refractivity contribution < 1.29 is 17.4 Å². The predicted molar refractivity (Wildman–Crippen MR) is 90.7 cm³/mol. The summed E-state index contributed by atoms with van der Waals surface area (Å²) in [5.74, 6) is 0.859. The summed E-state index contributed by atoms with van der Waals surface area (Å²) in [6.07, 6.45) is 1.60. The fourth-order valence-corrected chi connectivity index (χ4v) is 5.21. The molecule has 0 bridgehead atoms. The molecule has 1 fully saturated rings. The number of para-hydroxylation sites is 2. The first-order chi connectivity index (χ1) is 12.0. The lowest BCUT2D eigenvalue weighted by Crippen LogP contribution is -2.39. The Balaban J connectivity index is 1.65. The highest BCUT2D eigenvalue weighted by Gasteiger charge is 2.36. The fourth-order valence-electron chi connectivity index (χ4n) is 3.40. The Labute approximate surface area is 145 Å². The van der Waals surface area contributed by atoms with Crippen molar-refractivity contribution in [1.29, 1.82) is 0 Å². The highest BCUT2D eigenvalue weighted by molar-refractivity contribution is 7.89. The predicted octanol–water partition coefficient (Wildman–Crippen LogP) is 3.00. The Morgan fingerprint density at radius 1 is 1.24 bits per heavy atom. The quantitative estimate of drug-likeness (QED) is 0.712. The minimum atomic E-state index is -3.64. The van der Waals surface area contributed by atoms with Crippen LogP contribution in [0.5, 0.6) is 0 Å². The topological polar surface area (TPSA) is 89.4 Å². The third kappa shape index (κ3) is 2.75. The first-order valence-corrected chi connectivity index (χ1v) is 9.69. The van der Waals surface area contributed by atoms with E-state index in [2.05, 4.69) is 10.1 Å². The van der Waals surface area contributed by atoms with Gasteiger partial charge in [0.05, 0.1) is 0 Å². The van der Waals surface area contributed by atoms with E-state index in [1.165, 1.54) is 4.31 Å². The number of oxazole rings is 1. The Kier molecular flexibility index (Phi) is 3.88. The molecule has 0 radical (unpaired) electrons. The van der Waals surface area contributed by atoms with E-state index in [9.17, 15) is 8.42 Å². The number of aromatic nitrogens is 2. The van der Waals surface area contributed by atoms with Crippen LogP contribution in [0.3, 0.4) is 0 Å². The van der Waals surface area contributed by atoms with E-state index >= 15 is 0 Å². The van der Waals surface area contributed by atoms with Crippen LogP contribution in [0.2, 0.25) is 0 Å². The third-order valence-corrected chi connectivity index (χ3v) is 6.72. The van der Waals surface area contributed by atoms with Crippen LogP contribution in [0, 0.1) is 13.8 Å². The molecule has 7 nitrogen and oxygen atoms in total. The van der Waals surface area contributed by atoms with Crippen LogP contribution in [0.1, 0.15) is 36.1 Å². The minimum absolute atomic E-state index is 0.0589. The molecule has 0 amide bonds. The molecule has 0 saturated carbocycles. The number of hydrogen-bond acceptors (Lipinski definition) is 6. The van der Waals surface area contributed by atoms with Gasteiger partial charge in [0.2, 0.25) is 10.0 Å². The average Bonchev–Trinajstić information content (AvgIpc) is 3.18. The largest absolute Gasteiger partial charge is 0.440 e. The SMILES string of the molecule is Cc1noc(C)c1S(=O)(=O)N1CCCC(c2nc3ccccc3o2)C1. The van der Waals surface area contributed by atoms with Gasteiger partial charge >= 0.3 is 0 Å². The third-order valence-electron chi connectivity index (χ3n) is 4.61. The number of hydrogen-bond donors (Lipinski definition) is 0. The van der Waals surface area contributed by atoms with Crippen molar-refractivity contribution in [1.82, 2.24) is 14.4 Å². The van der Waals surface area contributed by atoms with Crippen LogP contribution in [0.15, 0.2) is 38.1 Å². The molecule has 3 heterocycles. The monoisotopic (exact) mass is 361 g/mol. The Hall–Kier alpha value is -2.19. The van der Waals surface area contributed by atoms with E-state index < -0.39 is 10.0 Å². The van der Waals surface area contributed by atoms with Crippen molar-refractivity contribution in [2.45, 2.75) is 37.5 Å². The molecular formula is C17H19N3O4S. The molecule has 0 spiro atoms. The summed E-state index contributed by atoms with van der Waals surface area (Å²) in [6, 6.07) is 7.56. The summed E-state index contributed by atoms with van der Waals surface area (Å²) < 4.78 is 38.4. The summed E-state index contributed by atoms with van der Waals surface area (Å²) in [4.78, 5) is 4.70. The number of rotatable bonds is 3. The van der Waals surface area contributed by atoms with E-state index in [0.717, 1.165) is 23.9 Å². The molecular weight excluding hydrogens is 342 g/mol. The van der Waals surface area contributed by atoms with Crippen molar-refractivity contribution >= 4 is 21.1 Å². The molecule has 0 aliphatic carbocycles. The van der Waals surface area contributed by atoms with E-state index in [1.807, 2.05) is 24.3 Å². The van der Waals surface area contributed by atoms with Gasteiger partial charge in [0.25, 0.3) is 0 Å². The smallest absolute Gasteiger partial charge is 0.248 e. The molecule has 1 saturated heterocycles. The van der Waals surface area contributed by atoms with Gasteiger partial charge in [-0.2, -0.15) is 4.31 Å². The molecule has 3 aromatic rings. The van der Waals surface area contributed by atoms with E-state index in [4.69, 9.17) is 8.94 Å². The molecule has 25 heavy (non-hydrogen) atoms. The lowest BCUT2D eigenvalue weighted by atomic mass is 10.00. The second-order valence-electron chi connectivity index (χ2n) is 6.38.